The summed E-state index contributed by atoms with van der Waals surface area (Å²) in [7, 11) is -3.35. The van der Waals surface area contributed by atoms with E-state index in [1.54, 1.807) is 38.1 Å². The van der Waals surface area contributed by atoms with Crippen LogP contribution in [-0.4, -0.2) is 67.9 Å². The van der Waals surface area contributed by atoms with Gasteiger partial charge in [-0.05, 0) is 62.2 Å². The van der Waals surface area contributed by atoms with Gasteiger partial charge in [-0.1, -0.05) is 37.3 Å². The maximum absolute atomic E-state index is 12.0. The third-order valence-electron chi connectivity index (χ3n) is 7.25. The predicted octanol–water partition coefficient (Wildman–Crippen LogP) is 5.14. The van der Waals surface area contributed by atoms with E-state index in [4.69, 9.17) is 9.72 Å². The van der Waals surface area contributed by atoms with E-state index >= 15 is 0 Å². The van der Waals surface area contributed by atoms with Gasteiger partial charge < -0.3 is 14.6 Å². The van der Waals surface area contributed by atoms with Crippen LogP contribution in [0.3, 0.4) is 0 Å². The summed E-state index contributed by atoms with van der Waals surface area (Å²) in [6.45, 7) is 10.6. The molecule has 0 amide bonds. The molecule has 3 aromatic carbocycles. The molecule has 5 rings (SSSR count). The maximum Gasteiger partial charge on any atom is 0.235 e. The van der Waals surface area contributed by atoms with Crippen LogP contribution in [-0.2, 0) is 16.4 Å². The minimum Gasteiger partial charge on any atom is -0.492 e. The molecular formula is C30H37N5O3S. The van der Waals surface area contributed by atoms with E-state index in [2.05, 4.69) is 68.9 Å². The number of piperazine rings is 1. The number of aryl methyl sites for hydroxylation is 1. The van der Waals surface area contributed by atoms with Crippen molar-refractivity contribution in [3.8, 4) is 17.1 Å². The minimum absolute atomic E-state index is 0.484. The average molecular weight is 548 g/mol. The summed E-state index contributed by atoms with van der Waals surface area (Å²) in [6.07, 6.45) is 1.03. The molecule has 1 saturated heterocycles. The lowest BCUT2D eigenvalue weighted by atomic mass is 10.1. The number of aromatic nitrogens is 2. The molecule has 39 heavy (non-hydrogen) atoms. The molecule has 0 spiro atoms. The highest BCUT2D eigenvalue weighted by atomic mass is 32.2. The summed E-state index contributed by atoms with van der Waals surface area (Å²) in [4.78, 5) is 13.3. The van der Waals surface area contributed by atoms with Gasteiger partial charge in [0.2, 0.25) is 10.0 Å². The summed E-state index contributed by atoms with van der Waals surface area (Å²) in [5.74, 6) is 1.63. The summed E-state index contributed by atoms with van der Waals surface area (Å²) in [6, 6.07) is 22.0. The standard InChI is InChI=1S/C30H37N5O3S/c1-4-23-8-10-24(11-9-23)30-31-27-6-5-7-28(29(27)32-30)35-18-16-34(17-19-35)20-21-38-26-14-12-25(13-15-26)33-39(36,37)22(2)3/h5-15,22,33H,4,16-21H2,1-3H3,(H,31,32). The van der Waals surface area contributed by atoms with Gasteiger partial charge in [0, 0.05) is 44.0 Å². The largest absolute Gasteiger partial charge is 0.492 e. The third kappa shape index (κ3) is 6.37. The van der Waals surface area contributed by atoms with Crippen LogP contribution >= 0.6 is 0 Å². The Hall–Kier alpha value is -3.56. The Morgan fingerprint density at radius 2 is 1.69 bits per heavy atom. The van der Waals surface area contributed by atoms with E-state index in [1.165, 1.54) is 11.3 Å². The zero-order valence-corrected chi connectivity index (χ0v) is 23.7. The third-order valence-corrected chi connectivity index (χ3v) is 9.01. The van der Waals surface area contributed by atoms with Crippen molar-refractivity contribution in [2.24, 2.45) is 0 Å². The van der Waals surface area contributed by atoms with Gasteiger partial charge in [-0.15, -0.1) is 0 Å². The molecule has 0 radical (unpaired) electrons. The number of aromatic amines is 1. The number of para-hydroxylation sites is 1. The van der Waals surface area contributed by atoms with Gasteiger partial charge in [0.25, 0.3) is 0 Å². The van der Waals surface area contributed by atoms with Gasteiger partial charge >= 0.3 is 0 Å². The van der Waals surface area contributed by atoms with Crippen molar-refractivity contribution in [3.63, 3.8) is 0 Å². The summed E-state index contributed by atoms with van der Waals surface area (Å²) >= 11 is 0. The molecule has 1 aromatic heterocycles. The number of nitrogens with one attached hydrogen (secondary N) is 2. The van der Waals surface area contributed by atoms with E-state index in [0.29, 0.717) is 12.3 Å². The molecule has 206 valence electrons. The number of imidazole rings is 1. The molecule has 0 saturated carbocycles. The summed E-state index contributed by atoms with van der Waals surface area (Å²) in [5.41, 5.74) is 6.21. The quantitative estimate of drug-likeness (QED) is 0.286. The smallest absolute Gasteiger partial charge is 0.235 e. The second-order valence-corrected chi connectivity index (χ2v) is 12.4. The second-order valence-electron chi connectivity index (χ2n) is 10.2. The normalized spacial score (nSPS) is 14.7. The topological polar surface area (TPSA) is 90.6 Å². The molecule has 2 N–H and O–H groups in total. The van der Waals surface area contributed by atoms with Crippen LogP contribution in [0.1, 0.15) is 26.3 Å². The molecule has 8 nitrogen and oxygen atoms in total. The first-order valence-electron chi connectivity index (χ1n) is 13.6. The van der Waals surface area contributed by atoms with Crippen molar-refractivity contribution in [3.05, 3.63) is 72.3 Å². The molecule has 9 heteroatoms. The molecule has 1 aliphatic rings. The Morgan fingerprint density at radius 3 is 2.36 bits per heavy atom. The van der Waals surface area contributed by atoms with Crippen molar-refractivity contribution in [1.29, 1.82) is 0 Å². The first-order valence-corrected chi connectivity index (χ1v) is 15.2. The molecule has 1 aliphatic heterocycles. The first-order chi connectivity index (χ1) is 18.8. The number of H-pyrrole nitrogens is 1. The van der Waals surface area contributed by atoms with E-state index in [0.717, 1.165) is 67.3 Å². The number of hydrogen-bond donors (Lipinski definition) is 2. The zero-order chi connectivity index (χ0) is 27.4. The van der Waals surface area contributed by atoms with Crippen LogP contribution in [0, 0.1) is 0 Å². The molecule has 2 heterocycles. The van der Waals surface area contributed by atoms with Crippen LogP contribution in [0.15, 0.2) is 66.7 Å². The maximum atomic E-state index is 12.0. The fourth-order valence-electron chi connectivity index (χ4n) is 4.71. The van der Waals surface area contributed by atoms with Crippen molar-refractivity contribution < 1.29 is 13.2 Å². The van der Waals surface area contributed by atoms with Crippen LogP contribution in [0.4, 0.5) is 11.4 Å². The number of rotatable bonds is 10. The van der Waals surface area contributed by atoms with Gasteiger partial charge in [-0.2, -0.15) is 0 Å². The molecule has 0 bridgehead atoms. The SMILES string of the molecule is CCc1ccc(-c2nc3c(N4CCN(CCOc5ccc(NS(=O)(=O)C(C)C)cc5)CC4)cccc3[nH]2)cc1. The Bertz CT molecular complexity index is 1490. The number of sulfonamides is 1. The fraction of sp³-hybridized carbons (Fsp3) is 0.367. The second kappa shape index (κ2) is 11.7. The minimum atomic E-state index is -3.35. The lowest BCUT2D eigenvalue weighted by Crippen LogP contribution is -2.47. The highest BCUT2D eigenvalue weighted by molar-refractivity contribution is 7.93. The van der Waals surface area contributed by atoms with Crippen LogP contribution < -0.4 is 14.4 Å². The predicted molar refractivity (Wildman–Crippen MR) is 159 cm³/mol. The summed E-state index contributed by atoms with van der Waals surface area (Å²) in [5, 5.41) is -0.484. The number of hydrogen-bond acceptors (Lipinski definition) is 6. The van der Waals surface area contributed by atoms with Crippen LogP contribution in [0.5, 0.6) is 5.75 Å². The highest BCUT2D eigenvalue weighted by Gasteiger charge is 2.20. The van der Waals surface area contributed by atoms with Crippen LogP contribution in [0.2, 0.25) is 0 Å². The van der Waals surface area contributed by atoms with Gasteiger partial charge in [-0.3, -0.25) is 9.62 Å². The lowest BCUT2D eigenvalue weighted by Gasteiger charge is -2.36. The number of nitrogens with zero attached hydrogens (tertiary/aromatic N) is 3. The lowest BCUT2D eigenvalue weighted by molar-refractivity contribution is 0.200. The molecule has 1 fully saturated rings. The Morgan fingerprint density at radius 1 is 0.974 bits per heavy atom. The molecule has 0 aliphatic carbocycles. The molecule has 0 atom stereocenters. The number of benzene rings is 3. The zero-order valence-electron chi connectivity index (χ0n) is 22.9. The van der Waals surface area contributed by atoms with Crippen molar-refractivity contribution in [2.75, 3.05) is 49.0 Å². The van der Waals surface area contributed by atoms with Crippen molar-refractivity contribution in [2.45, 2.75) is 32.4 Å². The van der Waals surface area contributed by atoms with Gasteiger partial charge in [0.15, 0.2) is 0 Å². The van der Waals surface area contributed by atoms with Crippen LogP contribution in [0.25, 0.3) is 22.4 Å². The monoisotopic (exact) mass is 547 g/mol. The van der Waals surface area contributed by atoms with Gasteiger partial charge in [-0.25, -0.2) is 13.4 Å². The summed E-state index contributed by atoms with van der Waals surface area (Å²) < 4.78 is 32.6. The van der Waals surface area contributed by atoms with E-state index < -0.39 is 15.3 Å². The van der Waals surface area contributed by atoms with E-state index in [-0.39, 0.29) is 0 Å². The molecule has 4 aromatic rings. The van der Waals surface area contributed by atoms with Crippen molar-refractivity contribution in [1.82, 2.24) is 14.9 Å². The number of anilines is 2. The highest BCUT2D eigenvalue weighted by Crippen LogP contribution is 2.29. The number of ether oxygens (including phenoxy) is 1. The van der Waals surface area contributed by atoms with Gasteiger partial charge in [0.05, 0.1) is 16.5 Å². The number of fused-ring (bicyclic) bond motifs is 1. The van der Waals surface area contributed by atoms with E-state index in [9.17, 15) is 8.42 Å². The Labute approximate surface area is 231 Å². The molecular weight excluding hydrogens is 510 g/mol. The van der Waals surface area contributed by atoms with E-state index in [1.807, 2.05) is 0 Å². The fourth-order valence-corrected chi connectivity index (χ4v) is 5.41. The van der Waals surface area contributed by atoms with Crippen molar-refractivity contribution >= 4 is 32.4 Å². The molecule has 0 unspecified atom stereocenters. The first kappa shape index (κ1) is 27.0. The Balaban J connectivity index is 1.14. The average Bonchev–Trinajstić information content (AvgIpc) is 3.39. The Kier molecular flexibility index (Phi) is 8.09. The van der Waals surface area contributed by atoms with Gasteiger partial charge in [0.1, 0.15) is 23.7 Å².